The summed E-state index contributed by atoms with van der Waals surface area (Å²) in [6, 6.07) is 0. The molecule has 1 aliphatic heterocycles. The fraction of sp³-hybridized carbons (Fsp3) is 0.833. The fourth-order valence-electron chi connectivity index (χ4n) is 2.15. The predicted molar refractivity (Wildman–Crippen MR) is 61.0 cm³/mol. The van der Waals surface area contributed by atoms with Crippen molar-refractivity contribution in [3.05, 3.63) is 0 Å². The minimum Gasteiger partial charge on any atom is -0.480 e. The lowest BCUT2D eigenvalue weighted by molar-refractivity contribution is -0.157. The number of aliphatic carboxylic acids is 1. The molecule has 1 N–H and O–H groups in total. The number of likely N-dealkylation sites (tertiary alicyclic amines) is 1. The molecule has 16 heavy (non-hydrogen) atoms. The molecule has 4 heteroatoms. The molecule has 0 aromatic rings. The van der Waals surface area contributed by atoms with Crippen molar-refractivity contribution in [3.8, 4) is 0 Å². The molecule has 1 rings (SSSR count). The third-order valence-corrected chi connectivity index (χ3v) is 3.34. The van der Waals surface area contributed by atoms with Crippen molar-refractivity contribution < 1.29 is 14.7 Å². The van der Waals surface area contributed by atoms with Crippen LogP contribution < -0.4 is 0 Å². The van der Waals surface area contributed by atoms with Crippen LogP contribution in [0.1, 0.15) is 40.0 Å². The monoisotopic (exact) mass is 227 g/mol. The highest BCUT2D eigenvalue weighted by molar-refractivity contribution is 6.01. The molecule has 0 aromatic heterocycles. The van der Waals surface area contributed by atoms with Crippen LogP contribution in [-0.2, 0) is 9.59 Å². The molecule has 0 radical (unpaired) electrons. The van der Waals surface area contributed by atoms with Gasteiger partial charge in [0.25, 0.3) is 0 Å². The first-order chi connectivity index (χ1) is 7.39. The van der Waals surface area contributed by atoms with Gasteiger partial charge in [-0.3, -0.25) is 9.59 Å². The summed E-state index contributed by atoms with van der Waals surface area (Å²) in [6.07, 6.45) is 3.25. The third kappa shape index (κ3) is 2.54. The fourth-order valence-corrected chi connectivity index (χ4v) is 2.15. The number of nitrogens with zero attached hydrogens (tertiary/aromatic N) is 1. The molecule has 1 unspecified atom stereocenters. The molecular weight excluding hydrogens is 206 g/mol. The van der Waals surface area contributed by atoms with Crippen LogP contribution in [0.3, 0.4) is 0 Å². The summed E-state index contributed by atoms with van der Waals surface area (Å²) in [4.78, 5) is 24.7. The van der Waals surface area contributed by atoms with E-state index in [9.17, 15) is 9.59 Å². The Labute approximate surface area is 96.6 Å². The lowest BCUT2D eigenvalue weighted by atomic mass is 9.92. The molecule has 4 nitrogen and oxygen atoms in total. The molecule has 0 spiro atoms. The van der Waals surface area contributed by atoms with Crippen LogP contribution in [0.25, 0.3) is 0 Å². The Balaban J connectivity index is 2.60. The van der Waals surface area contributed by atoms with Gasteiger partial charge in [-0.15, -0.1) is 0 Å². The van der Waals surface area contributed by atoms with Gasteiger partial charge < -0.3 is 10.0 Å². The molecule has 0 saturated carbocycles. The minimum atomic E-state index is -1.29. The van der Waals surface area contributed by atoms with E-state index in [1.54, 1.807) is 4.90 Å². The van der Waals surface area contributed by atoms with E-state index in [0.29, 0.717) is 12.5 Å². The first kappa shape index (κ1) is 13.0. The Bertz CT molecular complexity index is 286. The number of rotatable bonds is 4. The van der Waals surface area contributed by atoms with Gasteiger partial charge in [-0.1, -0.05) is 13.3 Å². The van der Waals surface area contributed by atoms with Crippen molar-refractivity contribution in [2.75, 3.05) is 13.1 Å². The topological polar surface area (TPSA) is 57.6 Å². The largest absolute Gasteiger partial charge is 0.480 e. The second kappa shape index (κ2) is 4.85. The molecule has 1 aliphatic rings. The predicted octanol–water partition coefficient (Wildman–Crippen LogP) is 1.75. The van der Waals surface area contributed by atoms with E-state index in [0.717, 1.165) is 25.8 Å². The molecule has 1 saturated heterocycles. The normalized spacial score (nSPS) is 21.2. The van der Waals surface area contributed by atoms with Gasteiger partial charge >= 0.3 is 5.97 Å². The number of hydrogen-bond acceptors (Lipinski definition) is 2. The van der Waals surface area contributed by atoms with Gasteiger partial charge in [-0.2, -0.15) is 0 Å². The number of carboxylic acids is 1. The highest BCUT2D eigenvalue weighted by atomic mass is 16.4. The molecule has 1 amide bonds. The molecule has 0 aliphatic carbocycles. The summed E-state index contributed by atoms with van der Waals surface area (Å²) in [5.41, 5.74) is -1.29. The van der Waals surface area contributed by atoms with E-state index in [2.05, 4.69) is 6.92 Å². The maximum absolute atomic E-state index is 12.0. The Morgan fingerprint density at radius 1 is 1.44 bits per heavy atom. The van der Waals surface area contributed by atoms with Crippen molar-refractivity contribution in [1.29, 1.82) is 0 Å². The van der Waals surface area contributed by atoms with Gasteiger partial charge in [0.05, 0.1) is 0 Å². The standard InChI is InChI=1S/C12H21NO3/c1-4-5-9-6-7-13(8-9)10(14)12(2,3)11(15)16/h9H,4-8H2,1-3H3,(H,15,16). The number of amides is 1. The Hall–Kier alpha value is -1.06. The quantitative estimate of drug-likeness (QED) is 0.744. The zero-order chi connectivity index (χ0) is 12.3. The third-order valence-electron chi connectivity index (χ3n) is 3.34. The van der Waals surface area contributed by atoms with Crippen LogP contribution in [0, 0.1) is 11.3 Å². The summed E-state index contributed by atoms with van der Waals surface area (Å²) in [6.45, 7) is 6.52. The van der Waals surface area contributed by atoms with Crippen molar-refractivity contribution in [2.45, 2.75) is 40.0 Å². The Kier molecular flexibility index (Phi) is 3.94. The number of carbonyl (C=O) groups is 2. The Morgan fingerprint density at radius 2 is 2.06 bits per heavy atom. The van der Waals surface area contributed by atoms with Crippen molar-refractivity contribution in [1.82, 2.24) is 4.90 Å². The maximum Gasteiger partial charge on any atom is 0.318 e. The SMILES string of the molecule is CCCC1CCN(C(=O)C(C)(C)C(=O)O)C1. The van der Waals surface area contributed by atoms with Crippen LogP contribution in [0.4, 0.5) is 0 Å². The van der Waals surface area contributed by atoms with Crippen LogP contribution in [-0.4, -0.2) is 35.0 Å². The summed E-state index contributed by atoms with van der Waals surface area (Å²) in [7, 11) is 0. The molecule has 1 heterocycles. The van der Waals surface area contributed by atoms with Crippen LogP contribution in [0.5, 0.6) is 0 Å². The van der Waals surface area contributed by atoms with Crippen LogP contribution in [0.15, 0.2) is 0 Å². The van der Waals surface area contributed by atoms with E-state index >= 15 is 0 Å². The van der Waals surface area contributed by atoms with Gasteiger partial charge in [0.2, 0.25) is 5.91 Å². The highest BCUT2D eigenvalue weighted by Gasteiger charge is 2.41. The molecule has 0 aromatic carbocycles. The molecule has 1 fully saturated rings. The first-order valence-corrected chi connectivity index (χ1v) is 5.92. The zero-order valence-electron chi connectivity index (χ0n) is 10.3. The second-order valence-corrected chi connectivity index (χ2v) is 5.12. The van der Waals surface area contributed by atoms with Crippen molar-refractivity contribution in [2.24, 2.45) is 11.3 Å². The lowest BCUT2D eigenvalue weighted by Crippen LogP contribution is -2.44. The Morgan fingerprint density at radius 3 is 2.56 bits per heavy atom. The summed E-state index contributed by atoms with van der Waals surface area (Å²) in [5, 5.41) is 8.99. The van der Waals surface area contributed by atoms with Crippen molar-refractivity contribution in [3.63, 3.8) is 0 Å². The van der Waals surface area contributed by atoms with E-state index in [-0.39, 0.29) is 5.91 Å². The average molecular weight is 227 g/mol. The van der Waals surface area contributed by atoms with E-state index in [1.807, 2.05) is 0 Å². The van der Waals surface area contributed by atoms with Gasteiger partial charge in [-0.05, 0) is 32.6 Å². The average Bonchev–Trinajstić information content (AvgIpc) is 2.65. The van der Waals surface area contributed by atoms with Gasteiger partial charge in [0, 0.05) is 13.1 Å². The first-order valence-electron chi connectivity index (χ1n) is 5.92. The summed E-state index contributed by atoms with van der Waals surface area (Å²) in [5.74, 6) is -0.742. The van der Waals surface area contributed by atoms with Crippen LogP contribution in [0.2, 0.25) is 0 Å². The van der Waals surface area contributed by atoms with Gasteiger partial charge in [-0.25, -0.2) is 0 Å². The smallest absolute Gasteiger partial charge is 0.318 e. The number of carbonyl (C=O) groups excluding carboxylic acids is 1. The van der Waals surface area contributed by atoms with Crippen LogP contribution >= 0.6 is 0 Å². The number of carboxylic acid groups (broad SMARTS) is 1. The lowest BCUT2D eigenvalue weighted by Gasteiger charge is -2.25. The van der Waals surface area contributed by atoms with E-state index < -0.39 is 11.4 Å². The van der Waals surface area contributed by atoms with Gasteiger partial charge in [0.1, 0.15) is 5.41 Å². The van der Waals surface area contributed by atoms with Crippen molar-refractivity contribution >= 4 is 11.9 Å². The minimum absolute atomic E-state index is 0.251. The molecule has 1 atom stereocenters. The summed E-state index contributed by atoms with van der Waals surface area (Å²) < 4.78 is 0. The summed E-state index contributed by atoms with van der Waals surface area (Å²) >= 11 is 0. The number of hydrogen-bond donors (Lipinski definition) is 1. The molecule has 0 bridgehead atoms. The molecular formula is C12H21NO3. The zero-order valence-corrected chi connectivity index (χ0v) is 10.3. The maximum atomic E-state index is 12.0. The second-order valence-electron chi connectivity index (χ2n) is 5.12. The van der Waals surface area contributed by atoms with E-state index in [4.69, 9.17) is 5.11 Å². The highest BCUT2D eigenvalue weighted by Crippen LogP contribution is 2.26. The van der Waals surface area contributed by atoms with Gasteiger partial charge in [0.15, 0.2) is 0 Å². The van der Waals surface area contributed by atoms with E-state index in [1.165, 1.54) is 13.8 Å². The molecule has 92 valence electrons.